The van der Waals surface area contributed by atoms with Crippen LogP contribution in [0.1, 0.15) is 20.8 Å². The molecule has 1 aliphatic heterocycles. The third-order valence-electron chi connectivity index (χ3n) is 3.46. The van der Waals surface area contributed by atoms with Crippen molar-refractivity contribution < 1.29 is 18.7 Å². The van der Waals surface area contributed by atoms with Crippen molar-refractivity contribution in [3.63, 3.8) is 0 Å². The lowest BCUT2D eigenvalue weighted by Gasteiger charge is -2.42. The molecule has 0 radical (unpaired) electrons. The highest BCUT2D eigenvalue weighted by molar-refractivity contribution is 6.07. The lowest BCUT2D eigenvalue weighted by atomic mass is 9.97. The molecule has 2 amide bonds. The number of nitrogens with one attached hydrogen (secondary N) is 1. The van der Waals surface area contributed by atoms with E-state index in [0.29, 0.717) is 12.3 Å². The van der Waals surface area contributed by atoms with Crippen molar-refractivity contribution in [1.29, 1.82) is 0 Å². The van der Waals surface area contributed by atoms with Crippen LogP contribution in [0.2, 0.25) is 0 Å². The van der Waals surface area contributed by atoms with Crippen LogP contribution >= 0.6 is 0 Å². The number of hydrogen-bond acceptors (Lipinski definition) is 5. The van der Waals surface area contributed by atoms with Crippen LogP contribution in [0, 0.1) is 5.82 Å². The summed E-state index contributed by atoms with van der Waals surface area (Å²) < 4.78 is 19.0. The zero-order valence-corrected chi connectivity index (χ0v) is 12.2. The van der Waals surface area contributed by atoms with Crippen LogP contribution in [0.4, 0.5) is 15.8 Å². The minimum absolute atomic E-state index is 0.0379. The molecule has 114 valence electrons. The van der Waals surface area contributed by atoms with E-state index in [1.165, 1.54) is 6.07 Å². The molecule has 0 bridgehead atoms. The standard InChI is InChI=1S/C14H18FN3O3/c1-4-21-11-6-10(9(16)5-8(11)15)18-7-12(19)17-13(20)14(18,2)3/h5-6H,4,7,16H2,1-3H3,(H,17,19,20). The van der Waals surface area contributed by atoms with Gasteiger partial charge in [0.1, 0.15) is 5.54 Å². The van der Waals surface area contributed by atoms with Gasteiger partial charge in [-0.15, -0.1) is 0 Å². The summed E-state index contributed by atoms with van der Waals surface area (Å²) in [5.41, 5.74) is 5.41. The number of nitrogens with two attached hydrogens (primary N) is 1. The Labute approximate surface area is 122 Å². The molecule has 3 N–H and O–H groups in total. The summed E-state index contributed by atoms with van der Waals surface area (Å²) in [6, 6.07) is 2.55. The van der Waals surface area contributed by atoms with Crippen molar-refractivity contribution in [3.05, 3.63) is 17.9 Å². The summed E-state index contributed by atoms with van der Waals surface area (Å²) in [4.78, 5) is 25.1. The molecule has 7 heteroatoms. The Hall–Kier alpha value is -2.31. The van der Waals surface area contributed by atoms with Gasteiger partial charge in [-0.2, -0.15) is 0 Å². The van der Waals surface area contributed by atoms with Gasteiger partial charge in [0.25, 0.3) is 5.91 Å². The maximum Gasteiger partial charge on any atom is 0.251 e. The molecule has 0 saturated carbocycles. The molecular formula is C14H18FN3O3. The van der Waals surface area contributed by atoms with Crippen LogP contribution in [-0.2, 0) is 9.59 Å². The van der Waals surface area contributed by atoms with Crippen molar-refractivity contribution in [2.45, 2.75) is 26.3 Å². The largest absolute Gasteiger partial charge is 0.491 e. The second kappa shape index (κ2) is 5.23. The van der Waals surface area contributed by atoms with Gasteiger partial charge in [0.05, 0.1) is 24.5 Å². The first kappa shape index (κ1) is 15.1. The lowest BCUT2D eigenvalue weighted by Crippen LogP contribution is -2.64. The van der Waals surface area contributed by atoms with Gasteiger partial charge in [0, 0.05) is 12.1 Å². The van der Waals surface area contributed by atoms with Gasteiger partial charge in [-0.05, 0) is 20.8 Å². The second-order valence-electron chi connectivity index (χ2n) is 5.30. The van der Waals surface area contributed by atoms with Crippen molar-refractivity contribution >= 4 is 23.2 Å². The van der Waals surface area contributed by atoms with Crippen LogP contribution < -0.4 is 20.7 Å². The number of amides is 2. The molecule has 1 aromatic rings. The molecule has 1 saturated heterocycles. The fraction of sp³-hybridized carbons (Fsp3) is 0.429. The van der Waals surface area contributed by atoms with Crippen LogP contribution in [-0.4, -0.2) is 30.5 Å². The molecule has 1 aliphatic rings. The first-order valence-corrected chi connectivity index (χ1v) is 6.61. The third-order valence-corrected chi connectivity index (χ3v) is 3.46. The monoisotopic (exact) mass is 295 g/mol. The van der Waals surface area contributed by atoms with E-state index in [1.54, 1.807) is 25.7 Å². The molecule has 6 nitrogen and oxygen atoms in total. The fourth-order valence-corrected chi connectivity index (χ4v) is 2.23. The second-order valence-corrected chi connectivity index (χ2v) is 5.30. The highest BCUT2D eigenvalue weighted by Gasteiger charge is 2.41. The van der Waals surface area contributed by atoms with Gasteiger partial charge in [-0.25, -0.2) is 4.39 Å². The Balaban J connectivity index is 2.51. The zero-order chi connectivity index (χ0) is 15.8. The molecule has 0 atom stereocenters. The Bertz CT molecular complexity index is 601. The van der Waals surface area contributed by atoms with Gasteiger partial charge < -0.3 is 15.4 Å². The predicted molar refractivity (Wildman–Crippen MR) is 76.6 cm³/mol. The zero-order valence-electron chi connectivity index (χ0n) is 12.2. The first-order chi connectivity index (χ1) is 9.77. The van der Waals surface area contributed by atoms with E-state index in [2.05, 4.69) is 5.32 Å². The quantitative estimate of drug-likeness (QED) is 0.643. The average molecular weight is 295 g/mol. The summed E-state index contributed by atoms with van der Waals surface area (Å²) in [7, 11) is 0. The van der Waals surface area contributed by atoms with E-state index < -0.39 is 23.2 Å². The van der Waals surface area contributed by atoms with Gasteiger partial charge in [0.2, 0.25) is 5.91 Å². The Morgan fingerprint density at radius 2 is 2.10 bits per heavy atom. The van der Waals surface area contributed by atoms with E-state index >= 15 is 0 Å². The van der Waals surface area contributed by atoms with Gasteiger partial charge in [-0.3, -0.25) is 14.9 Å². The van der Waals surface area contributed by atoms with Gasteiger partial charge >= 0.3 is 0 Å². The molecule has 0 aromatic heterocycles. The molecule has 1 heterocycles. The number of anilines is 2. The number of benzene rings is 1. The number of piperazine rings is 1. The highest BCUT2D eigenvalue weighted by atomic mass is 19.1. The number of hydrogen-bond donors (Lipinski definition) is 2. The van der Waals surface area contributed by atoms with E-state index in [-0.39, 0.29) is 18.0 Å². The van der Waals surface area contributed by atoms with E-state index in [4.69, 9.17) is 10.5 Å². The molecule has 0 aliphatic carbocycles. The number of carbonyl (C=O) groups is 2. The Kier molecular flexibility index (Phi) is 3.76. The smallest absolute Gasteiger partial charge is 0.251 e. The van der Waals surface area contributed by atoms with Crippen molar-refractivity contribution in [1.82, 2.24) is 5.32 Å². The van der Waals surface area contributed by atoms with E-state index in [0.717, 1.165) is 6.07 Å². The van der Waals surface area contributed by atoms with E-state index in [1.807, 2.05) is 0 Å². The van der Waals surface area contributed by atoms with Crippen LogP contribution in [0.15, 0.2) is 12.1 Å². The number of halogens is 1. The van der Waals surface area contributed by atoms with Crippen LogP contribution in [0.5, 0.6) is 5.75 Å². The predicted octanol–water partition coefficient (Wildman–Crippen LogP) is 1.05. The topological polar surface area (TPSA) is 84.7 Å². The SMILES string of the molecule is CCOc1cc(N2CC(=O)NC(=O)C2(C)C)c(N)cc1F. The lowest BCUT2D eigenvalue weighted by molar-refractivity contribution is -0.135. The molecule has 2 rings (SSSR count). The van der Waals surface area contributed by atoms with Gasteiger partial charge in [-0.1, -0.05) is 0 Å². The summed E-state index contributed by atoms with van der Waals surface area (Å²) in [6.45, 7) is 5.32. The van der Waals surface area contributed by atoms with Crippen LogP contribution in [0.25, 0.3) is 0 Å². The maximum absolute atomic E-state index is 13.8. The normalized spacial score (nSPS) is 17.6. The third kappa shape index (κ3) is 2.63. The number of rotatable bonds is 3. The average Bonchev–Trinajstić information content (AvgIpc) is 2.38. The number of imide groups is 1. The summed E-state index contributed by atoms with van der Waals surface area (Å²) in [5, 5.41) is 2.27. The fourth-order valence-electron chi connectivity index (χ4n) is 2.23. The van der Waals surface area contributed by atoms with Crippen molar-refractivity contribution in [2.24, 2.45) is 0 Å². The number of nitrogen functional groups attached to an aromatic ring is 1. The molecule has 0 unspecified atom stereocenters. The van der Waals surface area contributed by atoms with Gasteiger partial charge in [0.15, 0.2) is 11.6 Å². The first-order valence-electron chi connectivity index (χ1n) is 6.61. The molecule has 1 fully saturated rings. The van der Waals surface area contributed by atoms with Crippen LogP contribution in [0.3, 0.4) is 0 Å². The summed E-state index contributed by atoms with van der Waals surface area (Å²) in [6.07, 6.45) is 0. The number of nitrogens with zero attached hydrogens (tertiary/aromatic N) is 1. The summed E-state index contributed by atoms with van der Waals surface area (Å²) >= 11 is 0. The summed E-state index contributed by atoms with van der Waals surface area (Å²) in [5.74, 6) is -1.40. The minimum Gasteiger partial charge on any atom is -0.491 e. The Morgan fingerprint density at radius 1 is 1.43 bits per heavy atom. The van der Waals surface area contributed by atoms with E-state index in [9.17, 15) is 14.0 Å². The highest BCUT2D eigenvalue weighted by Crippen LogP contribution is 2.35. The number of ether oxygens (including phenoxy) is 1. The molecular weight excluding hydrogens is 277 g/mol. The molecule has 1 aromatic carbocycles. The van der Waals surface area contributed by atoms with Crippen molar-refractivity contribution in [3.8, 4) is 5.75 Å². The van der Waals surface area contributed by atoms with Crippen molar-refractivity contribution in [2.75, 3.05) is 23.8 Å². The number of carbonyl (C=O) groups excluding carboxylic acids is 2. The molecule has 0 spiro atoms. The Morgan fingerprint density at radius 3 is 2.71 bits per heavy atom. The molecule has 21 heavy (non-hydrogen) atoms. The maximum atomic E-state index is 13.8. The minimum atomic E-state index is -0.983.